The van der Waals surface area contributed by atoms with Crippen LogP contribution in [0.1, 0.15) is 90.4 Å². The lowest BCUT2D eigenvalue weighted by Crippen LogP contribution is -1.99. The lowest BCUT2D eigenvalue weighted by Gasteiger charge is -2.00. The molecule has 22 heavy (non-hydrogen) atoms. The van der Waals surface area contributed by atoms with Crippen molar-refractivity contribution in [2.24, 2.45) is 0 Å². The molecule has 0 amide bonds. The molecule has 0 aromatic heterocycles. The molecule has 0 rings (SSSR count). The zero-order valence-electron chi connectivity index (χ0n) is 14.6. The van der Waals surface area contributed by atoms with Crippen LogP contribution in [0.4, 0.5) is 0 Å². The van der Waals surface area contributed by atoms with Crippen LogP contribution in [-0.2, 0) is 14.3 Å². The molecule has 0 radical (unpaired) electrons. The highest BCUT2D eigenvalue weighted by atomic mass is 16.5. The zero-order valence-corrected chi connectivity index (χ0v) is 14.6. The summed E-state index contributed by atoms with van der Waals surface area (Å²) in [6, 6.07) is 0. The van der Waals surface area contributed by atoms with E-state index in [2.05, 4.69) is 17.7 Å². The largest absolute Gasteiger partial charge is 0.469 e. The van der Waals surface area contributed by atoms with E-state index in [1.54, 1.807) is 0 Å². The number of allylic oxidation sites excluding steroid dienone is 2. The molecule has 0 heterocycles. The molecular formula is C19H34O3. The first-order valence-corrected chi connectivity index (χ1v) is 8.94. The van der Waals surface area contributed by atoms with Crippen LogP contribution in [0.5, 0.6) is 0 Å². The summed E-state index contributed by atoms with van der Waals surface area (Å²) in [4.78, 5) is 22.5. The van der Waals surface area contributed by atoms with Gasteiger partial charge in [0.2, 0.25) is 0 Å². The van der Waals surface area contributed by atoms with Crippen LogP contribution in [0, 0.1) is 0 Å². The number of hydrogen-bond donors (Lipinski definition) is 0. The van der Waals surface area contributed by atoms with Gasteiger partial charge in [-0.3, -0.25) is 9.59 Å². The summed E-state index contributed by atoms with van der Waals surface area (Å²) in [6.45, 7) is 2.18. The van der Waals surface area contributed by atoms with E-state index in [4.69, 9.17) is 0 Å². The van der Waals surface area contributed by atoms with Crippen molar-refractivity contribution in [2.75, 3.05) is 7.11 Å². The van der Waals surface area contributed by atoms with Crippen LogP contribution < -0.4 is 0 Å². The van der Waals surface area contributed by atoms with Crippen molar-refractivity contribution < 1.29 is 14.3 Å². The summed E-state index contributed by atoms with van der Waals surface area (Å²) >= 11 is 0. The Morgan fingerprint density at radius 3 is 2.18 bits per heavy atom. The van der Waals surface area contributed by atoms with Crippen molar-refractivity contribution in [3.8, 4) is 0 Å². The Hall–Kier alpha value is -1.12. The molecule has 0 bridgehead atoms. The fraction of sp³-hybridized carbons (Fsp3) is 0.789. The third-order valence-corrected chi connectivity index (χ3v) is 3.80. The number of carbonyl (C=O) groups excluding carboxylic acids is 2. The fourth-order valence-electron chi connectivity index (χ4n) is 2.35. The summed E-state index contributed by atoms with van der Waals surface area (Å²) < 4.78 is 4.60. The number of methoxy groups -OCH3 is 1. The van der Waals surface area contributed by atoms with Crippen LogP contribution >= 0.6 is 0 Å². The molecule has 0 saturated carbocycles. The van der Waals surface area contributed by atoms with Gasteiger partial charge in [0.05, 0.1) is 7.11 Å². The molecule has 0 unspecified atom stereocenters. The van der Waals surface area contributed by atoms with Gasteiger partial charge in [0.1, 0.15) is 5.78 Å². The van der Waals surface area contributed by atoms with Crippen molar-refractivity contribution in [3.63, 3.8) is 0 Å². The number of carbonyl (C=O) groups is 2. The molecule has 3 nitrogen and oxygen atoms in total. The molecule has 0 aliphatic carbocycles. The van der Waals surface area contributed by atoms with E-state index in [9.17, 15) is 9.59 Å². The van der Waals surface area contributed by atoms with Crippen LogP contribution in [0.15, 0.2) is 12.2 Å². The van der Waals surface area contributed by atoms with Gasteiger partial charge in [-0.25, -0.2) is 0 Å². The summed E-state index contributed by atoms with van der Waals surface area (Å²) in [6.07, 6.45) is 17.3. The van der Waals surface area contributed by atoms with Crippen LogP contribution in [-0.4, -0.2) is 18.9 Å². The lowest BCUT2D eigenvalue weighted by molar-refractivity contribution is -0.140. The molecule has 3 heteroatoms. The Balaban J connectivity index is 3.29. The second-order valence-corrected chi connectivity index (χ2v) is 5.91. The molecule has 0 spiro atoms. The minimum absolute atomic E-state index is 0.109. The first-order chi connectivity index (χ1) is 10.7. The Kier molecular flexibility index (Phi) is 15.4. The normalized spacial score (nSPS) is 11.0. The molecule has 0 aromatic carbocycles. The minimum Gasteiger partial charge on any atom is -0.469 e. The van der Waals surface area contributed by atoms with Crippen molar-refractivity contribution in [1.82, 2.24) is 0 Å². The second-order valence-electron chi connectivity index (χ2n) is 5.91. The van der Waals surface area contributed by atoms with Gasteiger partial charge in [0.25, 0.3) is 0 Å². The van der Waals surface area contributed by atoms with Crippen LogP contribution in [0.2, 0.25) is 0 Å². The maximum atomic E-state index is 11.6. The summed E-state index contributed by atoms with van der Waals surface area (Å²) in [7, 11) is 1.44. The van der Waals surface area contributed by atoms with Crippen LogP contribution in [0.3, 0.4) is 0 Å². The van der Waals surface area contributed by atoms with Crippen molar-refractivity contribution in [1.29, 1.82) is 0 Å². The van der Waals surface area contributed by atoms with E-state index < -0.39 is 0 Å². The molecule has 0 N–H and O–H groups in total. The Bertz CT molecular complexity index is 308. The third kappa shape index (κ3) is 15.3. The maximum absolute atomic E-state index is 11.6. The molecule has 0 aliphatic heterocycles. The minimum atomic E-state index is -0.109. The van der Waals surface area contributed by atoms with Gasteiger partial charge < -0.3 is 4.74 Å². The van der Waals surface area contributed by atoms with Crippen molar-refractivity contribution in [2.45, 2.75) is 90.4 Å². The number of unbranched alkanes of at least 4 members (excludes halogenated alkanes) is 8. The second kappa shape index (κ2) is 16.3. The number of rotatable bonds is 15. The van der Waals surface area contributed by atoms with E-state index in [0.717, 1.165) is 32.1 Å². The van der Waals surface area contributed by atoms with E-state index >= 15 is 0 Å². The standard InChI is InChI=1S/C19H34O3/c1-3-4-5-12-15-18(20)16-13-10-8-6-7-9-11-14-17-19(21)22-2/h10,13H,3-9,11-12,14-17H2,1-2H3/b13-10-. The highest BCUT2D eigenvalue weighted by Crippen LogP contribution is 2.09. The average molecular weight is 310 g/mol. The fourth-order valence-corrected chi connectivity index (χ4v) is 2.35. The number of hydrogen-bond acceptors (Lipinski definition) is 3. The highest BCUT2D eigenvalue weighted by molar-refractivity contribution is 5.79. The number of ether oxygens (including phenoxy) is 1. The average Bonchev–Trinajstić information content (AvgIpc) is 2.53. The molecular weight excluding hydrogens is 276 g/mol. The SMILES string of the molecule is CCCCCCC(=O)C/C=C\CCCCCCCC(=O)OC. The predicted molar refractivity (Wildman–Crippen MR) is 91.9 cm³/mol. The monoisotopic (exact) mass is 310 g/mol. The van der Waals surface area contributed by atoms with E-state index in [0.29, 0.717) is 18.6 Å². The topological polar surface area (TPSA) is 43.4 Å². The van der Waals surface area contributed by atoms with E-state index in [-0.39, 0.29) is 5.97 Å². The number of Topliss-reactive ketones (excluding diaryl/α,β-unsaturated/α-hetero) is 1. The third-order valence-electron chi connectivity index (χ3n) is 3.80. The zero-order chi connectivity index (χ0) is 16.5. The molecule has 0 aliphatic rings. The van der Waals surface area contributed by atoms with E-state index in [1.165, 1.54) is 45.6 Å². The lowest BCUT2D eigenvalue weighted by atomic mass is 10.1. The first kappa shape index (κ1) is 20.9. The van der Waals surface area contributed by atoms with Gasteiger partial charge >= 0.3 is 5.97 Å². The van der Waals surface area contributed by atoms with Gasteiger partial charge in [-0.1, -0.05) is 57.6 Å². The van der Waals surface area contributed by atoms with Gasteiger partial charge in [-0.2, -0.15) is 0 Å². The quantitative estimate of drug-likeness (QED) is 0.232. The summed E-state index contributed by atoms with van der Waals surface area (Å²) in [5.74, 6) is 0.262. The van der Waals surface area contributed by atoms with Crippen molar-refractivity contribution >= 4 is 11.8 Å². The van der Waals surface area contributed by atoms with Gasteiger partial charge in [-0.05, 0) is 25.7 Å². The van der Waals surface area contributed by atoms with Gasteiger partial charge in [0.15, 0.2) is 0 Å². The van der Waals surface area contributed by atoms with Crippen molar-refractivity contribution in [3.05, 3.63) is 12.2 Å². The number of ketones is 1. The molecule has 0 saturated heterocycles. The van der Waals surface area contributed by atoms with Crippen LogP contribution in [0.25, 0.3) is 0 Å². The number of esters is 1. The Morgan fingerprint density at radius 1 is 0.818 bits per heavy atom. The summed E-state index contributed by atoms with van der Waals surface area (Å²) in [5, 5.41) is 0. The maximum Gasteiger partial charge on any atom is 0.305 e. The molecule has 0 aromatic rings. The molecule has 0 atom stereocenters. The smallest absolute Gasteiger partial charge is 0.305 e. The van der Waals surface area contributed by atoms with Gasteiger partial charge in [-0.15, -0.1) is 0 Å². The predicted octanol–water partition coefficient (Wildman–Crippen LogP) is 5.38. The first-order valence-electron chi connectivity index (χ1n) is 8.94. The molecule has 0 fully saturated rings. The summed E-state index contributed by atoms with van der Waals surface area (Å²) in [5.41, 5.74) is 0. The Labute approximate surface area is 136 Å². The highest BCUT2D eigenvalue weighted by Gasteiger charge is 1.99. The van der Waals surface area contributed by atoms with E-state index in [1.807, 2.05) is 6.08 Å². The molecule has 128 valence electrons. The Morgan fingerprint density at radius 2 is 1.45 bits per heavy atom. The van der Waals surface area contributed by atoms with Gasteiger partial charge in [0, 0.05) is 19.3 Å².